The lowest BCUT2D eigenvalue weighted by molar-refractivity contribution is -0.138. The number of benzene rings is 2. The summed E-state index contributed by atoms with van der Waals surface area (Å²) >= 11 is 0. The molecule has 1 N–H and O–H groups in total. The molecule has 3 rings (SSSR count). The van der Waals surface area contributed by atoms with Gasteiger partial charge in [-0.25, -0.2) is 0 Å². The molecule has 1 aliphatic heterocycles. The number of amides is 2. The average molecular weight is 490 g/mol. The normalized spacial score (nSPS) is 16.9. The minimum absolute atomic E-state index is 0.0345. The standard InChI is InChI=1S/C30H39N3O3/c1-23(2)30(22-31,25-12-5-4-6-13-25)18-8-7-16-28(34)33-20-10-15-27(33)29(35)32-19-17-24-11-9-14-26(21-24)36-3/h4-6,9,11-14,21,23,27H,7-8,10,15-20H2,1-3H3,(H,32,35)/t27-,30+/m1/s1. The lowest BCUT2D eigenvalue weighted by Gasteiger charge is -2.31. The summed E-state index contributed by atoms with van der Waals surface area (Å²) in [7, 11) is 1.64. The van der Waals surface area contributed by atoms with Crippen LogP contribution >= 0.6 is 0 Å². The van der Waals surface area contributed by atoms with E-state index in [1.807, 2.05) is 54.6 Å². The predicted octanol–water partition coefficient (Wildman–Crippen LogP) is 5.02. The van der Waals surface area contributed by atoms with E-state index in [1.165, 1.54) is 0 Å². The van der Waals surface area contributed by atoms with Crippen molar-refractivity contribution in [2.45, 2.75) is 70.3 Å². The van der Waals surface area contributed by atoms with Crippen LogP contribution in [0.25, 0.3) is 0 Å². The second kappa shape index (κ2) is 13.1. The lowest BCUT2D eigenvalue weighted by Crippen LogP contribution is -2.46. The molecule has 0 saturated carbocycles. The zero-order chi connectivity index (χ0) is 26.0. The molecule has 6 nitrogen and oxygen atoms in total. The topological polar surface area (TPSA) is 82.4 Å². The Morgan fingerprint density at radius 2 is 1.94 bits per heavy atom. The van der Waals surface area contributed by atoms with E-state index in [4.69, 9.17) is 4.74 Å². The van der Waals surface area contributed by atoms with Gasteiger partial charge >= 0.3 is 0 Å². The minimum atomic E-state index is -0.552. The van der Waals surface area contributed by atoms with Crippen LogP contribution in [0.15, 0.2) is 54.6 Å². The van der Waals surface area contributed by atoms with E-state index in [2.05, 4.69) is 25.2 Å². The van der Waals surface area contributed by atoms with Crippen molar-refractivity contribution < 1.29 is 14.3 Å². The number of methoxy groups -OCH3 is 1. The molecule has 1 fully saturated rings. The first-order chi connectivity index (χ1) is 17.4. The maximum atomic E-state index is 13.0. The molecule has 192 valence electrons. The number of hydrogen-bond acceptors (Lipinski definition) is 4. The van der Waals surface area contributed by atoms with E-state index in [-0.39, 0.29) is 23.8 Å². The highest BCUT2D eigenvalue weighted by Gasteiger charge is 2.36. The quantitative estimate of drug-likeness (QED) is 0.424. The van der Waals surface area contributed by atoms with Gasteiger partial charge in [-0.1, -0.05) is 62.7 Å². The van der Waals surface area contributed by atoms with Gasteiger partial charge in [0, 0.05) is 19.5 Å². The van der Waals surface area contributed by atoms with E-state index in [1.54, 1.807) is 12.0 Å². The number of carbonyl (C=O) groups is 2. The van der Waals surface area contributed by atoms with Gasteiger partial charge in [0.05, 0.1) is 18.6 Å². The van der Waals surface area contributed by atoms with Crippen LogP contribution in [0, 0.1) is 17.2 Å². The van der Waals surface area contributed by atoms with Crippen molar-refractivity contribution in [1.82, 2.24) is 10.2 Å². The molecule has 2 aromatic rings. The summed E-state index contributed by atoms with van der Waals surface area (Å²) in [6, 6.07) is 20.0. The summed E-state index contributed by atoms with van der Waals surface area (Å²) in [4.78, 5) is 27.6. The summed E-state index contributed by atoms with van der Waals surface area (Å²) in [6.07, 6.45) is 4.88. The van der Waals surface area contributed by atoms with Gasteiger partial charge < -0.3 is 15.0 Å². The fourth-order valence-corrected chi connectivity index (χ4v) is 5.19. The van der Waals surface area contributed by atoms with Crippen molar-refractivity contribution in [3.63, 3.8) is 0 Å². The lowest BCUT2D eigenvalue weighted by atomic mass is 9.69. The van der Waals surface area contributed by atoms with Crippen LogP contribution in [-0.2, 0) is 21.4 Å². The fourth-order valence-electron chi connectivity index (χ4n) is 5.19. The SMILES string of the molecule is COc1cccc(CCNC(=O)[C@H]2CCCN2C(=O)CCCC[C@@](C#N)(c2ccccc2)C(C)C)c1. The average Bonchev–Trinajstić information content (AvgIpc) is 3.40. The molecule has 0 bridgehead atoms. The van der Waals surface area contributed by atoms with Gasteiger partial charge in [-0.05, 0) is 61.3 Å². The number of nitrogens with zero attached hydrogens (tertiary/aromatic N) is 2. The Morgan fingerprint density at radius 1 is 1.17 bits per heavy atom. The molecular formula is C30H39N3O3. The number of nitrogens with one attached hydrogen (secondary N) is 1. The van der Waals surface area contributed by atoms with Crippen molar-refractivity contribution in [3.05, 3.63) is 65.7 Å². The number of unbranched alkanes of at least 4 members (excludes halogenated alkanes) is 1. The number of likely N-dealkylation sites (tertiary alicyclic amines) is 1. The number of hydrogen-bond donors (Lipinski definition) is 1. The first kappa shape index (κ1) is 27.3. The van der Waals surface area contributed by atoms with E-state index in [9.17, 15) is 14.9 Å². The maximum absolute atomic E-state index is 13.0. The Kier molecular flexibility index (Phi) is 9.93. The van der Waals surface area contributed by atoms with Crippen molar-refractivity contribution in [1.29, 1.82) is 5.26 Å². The highest BCUT2D eigenvalue weighted by atomic mass is 16.5. The van der Waals surface area contributed by atoms with Gasteiger partial charge in [-0.15, -0.1) is 0 Å². The van der Waals surface area contributed by atoms with Crippen LogP contribution < -0.4 is 10.1 Å². The fraction of sp³-hybridized carbons (Fsp3) is 0.500. The zero-order valence-corrected chi connectivity index (χ0v) is 21.8. The molecule has 6 heteroatoms. The predicted molar refractivity (Wildman–Crippen MR) is 141 cm³/mol. The van der Waals surface area contributed by atoms with Crippen LogP contribution in [0.5, 0.6) is 5.75 Å². The summed E-state index contributed by atoms with van der Waals surface area (Å²) in [5, 5.41) is 13.1. The Morgan fingerprint density at radius 3 is 2.64 bits per heavy atom. The molecule has 1 saturated heterocycles. The van der Waals surface area contributed by atoms with Crippen molar-refractivity contribution >= 4 is 11.8 Å². The summed E-state index contributed by atoms with van der Waals surface area (Å²) in [6.45, 7) is 5.33. The minimum Gasteiger partial charge on any atom is -0.497 e. The smallest absolute Gasteiger partial charge is 0.242 e. The maximum Gasteiger partial charge on any atom is 0.242 e. The first-order valence-electron chi connectivity index (χ1n) is 13.1. The zero-order valence-electron chi connectivity index (χ0n) is 21.8. The Bertz CT molecular complexity index is 1050. The van der Waals surface area contributed by atoms with Crippen molar-refractivity contribution in [2.24, 2.45) is 5.92 Å². The molecule has 0 unspecified atom stereocenters. The van der Waals surface area contributed by atoms with Crippen LogP contribution in [0.2, 0.25) is 0 Å². The molecule has 0 radical (unpaired) electrons. The van der Waals surface area contributed by atoms with Gasteiger partial charge in [-0.3, -0.25) is 9.59 Å². The molecule has 1 aliphatic rings. The third-order valence-corrected chi connectivity index (χ3v) is 7.41. The van der Waals surface area contributed by atoms with E-state index < -0.39 is 5.41 Å². The van der Waals surface area contributed by atoms with Gasteiger partial charge in [0.15, 0.2) is 0 Å². The monoisotopic (exact) mass is 489 g/mol. The number of rotatable bonds is 12. The first-order valence-corrected chi connectivity index (χ1v) is 13.1. The third-order valence-electron chi connectivity index (χ3n) is 7.41. The molecule has 36 heavy (non-hydrogen) atoms. The van der Waals surface area contributed by atoms with Crippen molar-refractivity contribution in [2.75, 3.05) is 20.2 Å². The van der Waals surface area contributed by atoms with Crippen LogP contribution in [0.3, 0.4) is 0 Å². The second-order valence-corrected chi connectivity index (χ2v) is 9.95. The number of ether oxygens (including phenoxy) is 1. The highest BCUT2D eigenvalue weighted by Crippen LogP contribution is 2.37. The Labute approximate surface area is 215 Å². The molecule has 2 aromatic carbocycles. The second-order valence-electron chi connectivity index (χ2n) is 9.95. The Hall–Kier alpha value is -3.33. The van der Waals surface area contributed by atoms with Crippen LogP contribution in [0.4, 0.5) is 0 Å². The third kappa shape index (κ3) is 6.66. The number of nitriles is 1. The van der Waals surface area contributed by atoms with Crippen molar-refractivity contribution in [3.8, 4) is 11.8 Å². The van der Waals surface area contributed by atoms with E-state index in [0.29, 0.717) is 45.2 Å². The van der Waals surface area contributed by atoms with E-state index >= 15 is 0 Å². The largest absolute Gasteiger partial charge is 0.497 e. The van der Waals surface area contributed by atoms with Gasteiger partial charge in [0.25, 0.3) is 0 Å². The van der Waals surface area contributed by atoms with Gasteiger partial charge in [0.1, 0.15) is 11.8 Å². The number of carbonyl (C=O) groups excluding carboxylic acids is 2. The Balaban J connectivity index is 1.48. The summed E-state index contributed by atoms with van der Waals surface area (Å²) < 4.78 is 5.26. The van der Waals surface area contributed by atoms with Crippen LogP contribution in [0.1, 0.15) is 63.5 Å². The molecule has 2 atom stereocenters. The molecule has 2 amide bonds. The summed E-state index contributed by atoms with van der Waals surface area (Å²) in [5.74, 6) is 0.934. The molecule has 1 heterocycles. The van der Waals surface area contributed by atoms with Gasteiger partial charge in [0.2, 0.25) is 11.8 Å². The summed E-state index contributed by atoms with van der Waals surface area (Å²) in [5.41, 5.74) is 1.58. The van der Waals surface area contributed by atoms with E-state index in [0.717, 1.165) is 29.7 Å². The molecule has 0 spiro atoms. The van der Waals surface area contributed by atoms with Crippen LogP contribution in [-0.4, -0.2) is 43.0 Å². The highest BCUT2D eigenvalue weighted by molar-refractivity contribution is 5.88. The molecular weight excluding hydrogens is 450 g/mol. The van der Waals surface area contributed by atoms with Gasteiger partial charge in [-0.2, -0.15) is 5.26 Å². The molecule has 0 aliphatic carbocycles. The molecule has 0 aromatic heterocycles.